The van der Waals surface area contributed by atoms with Crippen molar-refractivity contribution in [2.45, 2.75) is 26.8 Å². The van der Waals surface area contributed by atoms with Gasteiger partial charge < -0.3 is 9.47 Å². The topological polar surface area (TPSA) is 56.5 Å². The monoisotopic (exact) mass is 252 g/mol. The van der Waals surface area contributed by atoms with Gasteiger partial charge in [-0.3, -0.25) is 11.3 Å². The normalized spacial score (nSPS) is 14.4. The highest BCUT2D eigenvalue weighted by molar-refractivity contribution is 5.42. The molecule has 0 spiro atoms. The van der Waals surface area contributed by atoms with Crippen molar-refractivity contribution in [1.82, 2.24) is 5.43 Å². The molecule has 0 saturated heterocycles. The molecule has 0 heterocycles. The van der Waals surface area contributed by atoms with E-state index in [1.807, 2.05) is 18.2 Å². The van der Waals surface area contributed by atoms with Gasteiger partial charge >= 0.3 is 0 Å². The minimum atomic E-state index is 0.0610. The highest BCUT2D eigenvalue weighted by Crippen LogP contribution is 2.35. The average molecular weight is 252 g/mol. The number of hydrazine groups is 1. The van der Waals surface area contributed by atoms with E-state index in [0.717, 1.165) is 17.1 Å². The van der Waals surface area contributed by atoms with E-state index in [1.54, 1.807) is 14.2 Å². The van der Waals surface area contributed by atoms with Gasteiger partial charge in [-0.15, -0.1) is 0 Å². The number of nitrogens with two attached hydrogens (primary N) is 1. The highest BCUT2D eigenvalue weighted by Gasteiger charge is 2.24. The van der Waals surface area contributed by atoms with Gasteiger partial charge in [-0.1, -0.05) is 26.8 Å². The second-order valence-electron chi connectivity index (χ2n) is 4.86. The molecule has 4 nitrogen and oxygen atoms in total. The molecule has 0 aromatic heterocycles. The summed E-state index contributed by atoms with van der Waals surface area (Å²) in [6, 6.07) is 5.87. The third-order valence-corrected chi connectivity index (χ3v) is 3.53. The minimum Gasteiger partial charge on any atom is -0.497 e. The summed E-state index contributed by atoms with van der Waals surface area (Å²) in [5.41, 5.74) is 3.95. The molecule has 0 bridgehead atoms. The number of ether oxygens (including phenoxy) is 2. The van der Waals surface area contributed by atoms with Crippen LogP contribution in [-0.2, 0) is 0 Å². The summed E-state index contributed by atoms with van der Waals surface area (Å²) in [5, 5.41) is 0. The fraction of sp³-hybridized carbons (Fsp3) is 0.571. The van der Waals surface area contributed by atoms with Gasteiger partial charge in [-0.05, 0) is 17.9 Å². The number of hydrogen-bond acceptors (Lipinski definition) is 4. The zero-order chi connectivity index (χ0) is 13.7. The van der Waals surface area contributed by atoms with Gasteiger partial charge in [-0.25, -0.2) is 0 Å². The Morgan fingerprint density at radius 3 is 2.22 bits per heavy atom. The van der Waals surface area contributed by atoms with E-state index < -0.39 is 0 Å². The number of rotatable bonds is 6. The molecule has 0 aliphatic heterocycles. The molecule has 0 aliphatic rings. The van der Waals surface area contributed by atoms with Crippen molar-refractivity contribution in [3.63, 3.8) is 0 Å². The molecule has 1 aromatic carbocycles. The molecule has 2 atom stereocenters. The third-order valence-electron chi connectivity index (χ3n) is 3.53. The van der Waals surface area contributed by atoms with Crippen LogP contribution >= 0.6 is 0 Å². The summed E-state index contributed by atoms with van der Waals surface area (Å²) in [6.45, 7) is 6.55. The predicted molar refractivity (Wildman–Crippen MR) is 73.6 cm³/mol. The molecule has 18 heavy (non-hydrogen) atoms. The van der Waals surface area contributed by atoms with Gasteiger partial charge in [0.15, 0.2) is 0 Å². The minimum absolute atomic E-state index is 0.0610. The first kappa shape index (κ1) is 14.8. The van der Waals surface area contributed by atoms with Crippen LogP contribution in [0, 0.1) is 11.8 Å². The summed E-state index contributed by atoms with van der Waals surface area (Å²) >= 11 is 0. The van der Waals surface area contributed by atoms with Gasteiger partial charge in [0, 0.05) is 11.6 Å². The Kier molecular flexibility index (Phi) is 5.44. The molecular formula is C14H24N2O2. The van der Waals surface area contributed by atoms with E-state index in [2.05, 4.69) is 26.2 Å². The molecule has 0 radical (unpaired) electrons. The van der Waals surface area contributed by atoms with Crippen molar-refractivity contribution in [2.24, 2.45) is 17.7 Å². The van der Waals surface area contributed by atoms with E-state index in [9.17, 15) is 0 Å². The van der Waals surface area contributed by atoms with E-state index in [4.69, 9.17) is 15.3 Å². The van der Waals surface area contributed by atoms with Crippen LogP contribution in [0.25, 0.3) is 0 Å². The molecule has 1 rings (SSSR count). The largest absolute Gasteiger partial charge is 0.497 e. The molecule has 2 unspecified atom stereocenters. The predicted octanol–water partition coefficient (Wildman–Crippen LogP) is 2.50. The van der Waals surface area contributed by atoms with Crippen molar-refractivity contribution in [3.8, 4) is 11.5 Å². The van der Waals surface area contributed by atoms with Crippen LogP contribution < -0.4 is 20.7 Å². The zero-order valence-corrected chi connectivity index (χ0v) is 11.9. The Bertz CT molecular complexity index is 380. The standard InChI is InChI=1S/C14H24N2O2/c1-9(2)10(3)14(16-15)12-7-6-11(17-4)8-13(12)18-5/h6-10,14,16H,15H2,1-5H3. The number of benzene rings is 1. The summed E-state index contributed by atoms with van der Waals surface area (Å²) in [6.07, 6.45) is 0. The molecule has 0 aliphatic carbocycles. The summed E-state index contributed by atoms with van der Waals surface area (Å²) < 4.78 is 10.6. The van der Waals surface area contributed by atoms with Crippen LogP contribution in [0.15, 0.2) is 18.2 Å². The molecular weight excluding hydrogens is 228 g/mol. The van der Waals surface area contributed by atoms with E-state index in [0.29, 0.717) is 11.8 Å². The third kappa shape index (κ3) is 3.15. The van der Waals surface area contributed by atoms with Crippen molar-refractivity contribution >= 4 is 0 Å². The maximum atomic E-state index is 5.70. The van der Waals surface area contributed by atoms with Gasteiger partial charge in [0.05, 0.1) is 20.3 Å². The van der Waals surface area contributed by atoms with Crippen LogP contribution in [0.1, 0.15) is 32.4 Å². The molecule has 0 amide bonds. The Morgan fingerprint density at radius 2 is 1.78 bits per heavy atom. The summed E-state index contributed by atoms with van der Waals surface area (Å²) in [4.78, 5) is 0. The Morgan fingerprint density at radius 1 is 1.11 bits per heavy atom. The van der Waals surface area contributed by atoms with Gasteiger partial charge in [0.2, 0.25) is 0 Å². The fourth-order valence-corrected chi connectivity index (χ4v) is 1.99. The lowest BCUT2D eigenvalue weighted by atomic mass is 9.86. The zero-order valence-electron chi connectivity index (χ0n) is 11.9. The van der Waals surface area contributed by atoms with E-state index in [1.165, 1.54) is 0 Å². The van der Waals surface area contributed by atoms with Crippen LogP contribution in [0.5, 0.6) is 11.5 Å². The SMILES string of the molecule is COc1ccc(C(NN)C(C)C(C)C)c(OC)c1. The Balaban J connectivity index is 3.12. The van der Waals surface area contributed by atoms with Crippen molar-refractivity contribution in [1.29, 1.82) is 0 Å². The molecule has 0 fully saturated rings. The summed E-state index contributed by atoms with van der Waals surface area (Å²) in [7, 11) is 3.30. The lowest BCUT2D eigenvalue weighted by Gasteiger charge is -2.28. The van der Waals surface area contributed by atoms with Crippen LogP contribution in [0.4, 0.5) is 0 Å². The molecule has 1 aromatic rings. The van der Waals surface area contributed by atoms with Gasteiger partial charge in [0.25, 0.3) is 0 Å². The number of hydrogen-bond donors (Lipinski definition) is 2. The second kappa shape index (κ2) is 6.61. The van der Waals surface area contributed by atoms with E-state index >= 15 is 0 Å². The molecule has 102 valence electrons. The van der Waals surface area contributed by atoms with Crippen molar-refractivity contribution < 1.29 is 9.47 Å². The maximum absolute atomic E-state index is 5.70. The average Bonchev–Trinajstić information content (AvgIpc) is 2.39. The molecule has 4 heteroatoms. The first-order chi connectivity index (χ1) is 8.54. The van der Waals surface area contributed by atoms with Crippen LogP contribution in [-0.4, -0.2) is 14.2 Å². The Labute approximate surface area is 109 Å². The quantitative estimate of drug-likeness (QED) is 0.603. The fourth-order valence-electron chi connectivity index (χ4n) is 1.99. The lowest BCUT2D eigenvalue weighted by Crippen LogP contribution is -2.34. The lowest BCUT2D eigenvalue weighted by molar-refractivity contribution is 0.296. The first-order valence-electron chi connectivity index (χ1n) is 6.23. The number of methoxy groups -OCH3 is 2. The summed E-state index contributed by atoms with van der Waals surface area (Å²) in [5.74, 6) is 8.20. The van der Waals surface area contributed by atoms with E-state index in [-0.39, 0.29) is 6.04 Å². The van der Waals surface area contributed by atoms with Crippen LogP contribution in [0.3, 0.4) is 0 Å². The Hall–Kier alpha value is -1.26. The smallest absolute Gasteiger partial charge is 0.127 e. The number of nitrogens with one attached hydrogen (secondary N) is 1. The van der Waals surface area contributed by atoms with Gasteiger partial charge in [-0.2, -0.15) is 0 Å². The molecule has 3 N–H and O–H groups in total. The van der Waals surface area contributed by atoms with Gasteiger partial charge in [0.1, 0.15) is 11.5 Å². The maximum Gasteiger partial charge on any atom is 0.127 e. The second-order valence-corrected chi connectivity index (χ2v) is 4.86. The van der Waals surface area contributed by atoms with Crippen molar-refractivity contribution in [2.75, 3.05) is 14.2 Å². The molecule has 0 saturated carbocycles. The highest BCUT2D eigenvalue weighted by atomic mass is 16.5. The van der Waals surface area contributed by atoms with Crippen LogP contribution in [0.2, 0.25) is 0 Å². The van der Waals surface area contributed by atoms with Crippen molar-refractivity contribution in [3.05, 3.63) is 23.8 Å². The first-order valence-corrected chi connectivity index (χ1v) is 6.23.